The van der Waals surface area contributed by atoms with Crippen LogP contribution in [0.1, 0.15) is 6.92 Å². The Kier molecular flexibility index (Phi) is 4.46. The fourth-order valence-electron chi connectivity index (χ4n) is 1.25. The molecule has 17 heavy (non-hydrogen) atoms. The van der Waals surface area contributed by atoms with Gasteiger partial charge in [0.25, 0.3) is 0 Å². The largest absolute Gasteiger partial charge is 0.467 e. The van der Waals surface area contributed by atoms with Gasteiger partial charge < -0.3 is 15.0 Å². The third-order valence-corrected chi connectivity index (χ3v) is 2.12. The van der Waals surface area contributed by atoms with E-state index >= 15 is 0 Å². The van der Waals surface area contributed by atoms with Gasteiger partial charge in [-0.2, -0.15) is 20.2 Å². The molecule has 1 rings (SSSR count). The highest BCUT2D eigenvalue weighted by Crippen LogP contribution is 2.14. The van der Waals surface area contributed by atoms with Crippen LogP contribution in [0, 0.1) is 17.2 Å². The molecule has 0 fully saturated rings. The van der Waals surface area contributed by atoms with Gasteiger partial charge >= 0.3 is 6.01 Å². The topological polar surface area (TPSA) is 87.0 Å². The van der Waals surface area contributed by atoms with E-state index in [1.54, 1.807) is 11.9 Å². The molecule has 0 radical (unpaired) electrons. The quantitative estimate of drug-likeness (QED) is 0.797. The van der Waals surface area contributed by atoms with E-state index in [0.29, 0.717) is 18.4 Å². The van der Waals surface area contributed by atoms with Crippen molar-refractivity contribution in [3.8, 4) is 12.1 Å². The van der Waals surface area contributed by atoms with Crippen LogP contribution in [-0.4, -0.2) is 42.7 Å². The van der Waals surface area contributed by atoms with Gasteiger partial charge in [0.05, 0.1) is 19.1 Å². The zero-order chi connectivity index (χ0) is 12.8. The summed E-state index contributed by atoms with van der Waals surface area (Å²) in [5.74, 6) is 0.812. The summed E-state index contributed by atoms with van der Waals surface area (Å²) in [5, 5.41) is 11.6. The van der Waals surface area contributed by atoms with Crippen LogP contribution in [0.3, 0.4) is 0 Å². The summed E-state index contributed by atoms with van der Waals surface area (Å²) in [5.41, 5.74) is 0. The Morgan fingerprint density at radius 2 is 2.18 bits per heavy atom. The van der Waals surface area contributed by atoms with Gasteiger partial charge in [-0.3, -0.25) is 0 Å². The van der Waals surface area contributed by atoms with E-state index in [-0.39, 0.29) is 11.9 Å². The molecule has 1 aromatic rings. The third-order valence-electron chi connectivity index (χ3n) is 2.12. The summed E-state index contributed by atoms with van der Waals surface area (Å²) >= 11 is 0. The van der Waals surface area contributed by atoms with Crippen molar-refractivity contribution in [3.63, 3.8) is 0 Å². The van der Waals surface area contributed by atoms with E-state index in [1.165, 1.54) is 7.11 Å². The van der Waals surface area contributed by atoms with Crippen molar-refractivity contribution < 1.29 is 4.74 Å². The minimum absolute atomic E-state index is 0.0965. The smallest absolute Gasteiger partial charge is 0.322 e. The second kappa shape index (κ2) is 5.84. The fraction of sp³-hybridized carbons (Fsp3) is 0.600. The predicted octanol–water partition coefficient (Wildman–Crippen LogP) is 0.518. The lowest BCUT2D eigenvalue weighted by Crippen LogP contribution is -2.25. The number of nitrogens with one attached hydrogen (secondary N) is 1. The minimum atomic E-state index is -0.0965. The van der Waals surface area contributed by atoms with Crippen LogP contribution < -0.4 is 15.0 Å². The van der Waals surface area contributed by atoms with Crippen LogP contribution in [-0.2, 0) is 0 Å². The van der Waals surface area contributed by atoms with E-state index in [2.05, 4.69) is 26.3 Å². The number of anilines is 2. The van der Waals surface area contributed by atoms with E-state index in [4.69, 9.17) is 10.00 Å². The summed E-state index contributed by atoms with van der Waals surface area (Å²) in [4.78, 5) is 14.1. The van der Waals surface area contributed by atoms with Gasteiger partial charge in [-0.15, -0.1) is 0 Å². The lowest BCUT2D eigenvalue weighted by Gasteiger charge is -2.18. The predicted molar refractivity (Wildman–Crippen MR) is 64.0 cm³/mol. The Morgan fingerprint density at radius 3 is 2.71 bits per heavy atom. The molecule has 0 aliphatic rings. The number of nitrogens with zero attached hydrogens (tertiary/aromatic N) is 5. The Bertz CT molecular complexity index is 393. The van der Waals surface area contributed by atoms with Crippen molar-refractivity contribution in [1.82, 2.24) is 15.0 Å². The van der Waals surface area contributed by atoms with Gasteiger partial charge in [-0.25, -0.2) is 0 Å². The number of hydrogen-bond donors (Lipinski definition) is 1. The lowest BCUT2D eigenvalue weighted by atomic mass is 10.2. The molecule has 1 aromatic heterocycles. The average molecular weight is 236 g/mol. The van der Waals surface area contributed by atoms with Crippen LogP contribution >= 0.6 is 0 Å². The maximum absolute atomic E-state index is 8.77. The number of aromatic nitrogens is 3. The SMILES string of the molecule is CNc1nc(OC)nc(N(C)CC(C)C#N)n1. The third kappa shape index (κ3) is 3.45. The van der Waals surface area contributed by atoms with Gasteiger partial charge in [-0.05, 0) is 6.92 Å². The Labute approximate surface area is 100 Å². The van der Waals surface area contributed by atoms with Gasteiger partial charge in [0.2, 0.25) is 11.9 Å². The molecule has 0 aromatic carbocycles. The summed E-state index contributed by atoms with van der Waals surface area (Å²) in [7, 11) is 5.04. The Balaban J connectivity index is 2.92. The first-order chi connectivity index (χ1) is 8.10. The summed E-state index contributed by atoms with van der Waals surface area (Å²) in [6.07, 6.45) is 0. The molecule has 0 aliphatic carbocycles. The first-order valence-electron chi connectivity index (χ1n) is 5.19. The number of nitriles is 1. The average Bonchev–Trinajstić information content (AvgIpc) is 2.37. The molecule has 0 saturated heterocycles. The van der Waals surface area contributed by atoms with E-state index in [1.807, 2.05) is 14.0 Å². The molecular weight excluding hydrogens is 220 g/mol. The monoisotopic (exact) mass is 236 g/mol. The zero-order valence-corrected chi connectivity index (χ0v) is 10.4. The number of methoxy groups -OCH3 is 1. The summed E-state index contributed by atoms with van der Waals surface area (Å²) < 4.78 is 4.98. The molecule has 0 saturated carbocycles. The van der Waals surface area contributed by atoms with E-state index in [0.717, 1.165) is 0 Å². The molecule has 1 atom stereocenters. The molecule has 1 unspecified atom stereocenters. The van der Waals surface area contributed by atoms with Crippen molar-refractivity contribution in [2.45, 2.75) is 6.92 Å². The normalized spacial score (nSPS) is 11.5. The summed E-state index contributed by atoms with van der Waals surface area (Å²) in [6.45, 7) is 2.39. The highest BCUT2D eigenvalue weighted by molar-refractivity contribution is 5.37. The molecule has 0 amide bonds. The first-order valence-corrected chi connectivity index (χ1v) is 5.19. The molecule has 0 spiro atoms. The highest BCUT2D eigenvalue weighted by Gasteiger charge is 2.12. The van der Waals surface area contributed by atoms with Crippen molar-refractivity contribution in [2.75, 3.05) is 38.0 Å². The van der Waals surface area contributed by atoms with Gasteiger partial charge in [0.15, 0.2) is 0 Å². The molecule has 1 N–H and O–H groups in total. The van der Waals surface area contributed by atoms with Crippen molar-refractivity contribution in [1.29, 1.82) is 5.26 Å². The molecule has 7 nitrogen and oxygen atoms in total. The van der Waals surface area contributed by atoms with Crippen LogP contribution in [0.4, 0.5) is 11.9 Å². The van der Waals surface area contributed by atoms with Gasteiger partial charge in [0, 0.05) is 20.6 Å². The van der Waals surface area contributed by atoms with Crippen molar-refractivity contribution in [2.24, 2.45) is 5.92 Å². The minimum Gasteiger partial charge on any atom is -0.467 e. The van der Waals surface area contributed by atoms with Gasteiger partial charge in [0.1, 0.15) is 0 Å². The highest BCUT2D eigenvalue weighted by atomic mass is 16.5. The van der Waals surface area contributed by atoms with Crippen molar-refractivity contribution in [3.05, 3.63) is 0 Å². The Morgan fingerprint density at radius 1 is 1.47 bits per heavy atom. The second-order valence-corrected chi connectivity index (χ2v) is 3.61. The van der Waals surface area contributed by atoms with E-state index in [9.17, 15) is 0 Å². The van der Waals surface area contributed by atoms with Gasteiger partial charge in [-0.1, -0.05) is 0 Å². The van der Waals surface area contributed by atoms with Crippen LogP contribution in [0.5, 0.6) is 6.01 Å². The standard InChI is InChI=1S/C10H16N6O/c1-7(5-11)6-16(3)9-13-8(12-2)14-10(15-9)17-4/h7H,6H2,1-4H3,(H,12,13,14,15). The Hall–Kier alpha value is -2.10. The van der Waals surface area contributed by atoms with E-state index < -0.39 is 0 Å². The summed E-state index contributed by atoms with van der Waals surface area (Å²) in [6, 6.07) is 2.41. The molecule has 1 heterocycles. The second-order valence-electron chi connectivity index (χ2n) is 3.61. The van der Waals surface area contributed by atoms with Crippen LogP contribution in [0.15, 0.2) is 0 Å². The zero-order valence-electron chi connectivity index (χ0n) is 10.4. The molecule has 92 valence electrons. The molecular formula is C10H16N6O. The number of ether oxygens (including phenoxy) is 1. The first kappa shape index (κ1) is 13.0. The molecule has 7 heteroatoms. The van der Waals surface area contributed by atoms with Crippen LogP contribution in [0.25, 0.3) is 0 Å². The molecule has 0 aliphatic heterocycles. The molecule has 0 bridgehead atoms. The number of rotatable bonds is 5. The fourth-order valence-corrected chi connectivity index (χ4v) is 1.25. The maximum atomic E-state index is 8.77. The maximum Gasteiger partial charge on any atom is 0.322 e. The number of hydrogen-bond acceptors (Lipinski definition) is 7. The van der Waals surface area contributed by atoms with Crippen LogP contribution in [0.2, 0.25) is 0 Å². The lowest BCUT2D eigenvalue weighted by molar-refractivity contribution is 0.379. The van der Waals surface area contributed by atoms with Crippen molar-refractivity contribution >= 4 is 11.9 Å².